The number of amides is 1. The fourth-order valence-corrected chi connectivity index (χ4v) is 3.53. The average molecular weight is 410 g/mol. The van der Waals surface area contributed by atoms with E-state index in [-0.39, 0.29) is 0 Å². The number of likely N-dealkylation sites (tertiary alicyclic amines) is 1. The standard InChI is InChI=1S/C23H31N5O2/c1-24-22(25-16-18-8-10-20(11-9-18)27-23(29)30-2)26-21-12-14-28(15-13-21)17-19-6-4-3-5-7-19/h3-11,21H,12-17H2,1-2H3,(H,27,29)(H2,24,25,26). The molecule has 7 heteroatoms. The minimum absolute atomic E-state index is 0.426. The molecule has 0 saturated carbocycles. The van der Waals surface area contributed by atoms with E-state index in [2.05, 4.69) is 60.9 Å². The van der Waals surface area contributed by atoms with E-state index in [0.717, 1.165) is 44.0 Å². The molecule has 0 atom stereocenters. The highest BCUT2D eigenvalue weighted by Crippen LogP contribution is 2.14. The summed E-state index contributed by atoms with van der Waals surface area (Å²) in [5.74, 6) is 0.813. The number of carbonyl (C=O) groups is 1. The Morgan fingerprint density at radius 2 is 1.77 bits per heavy atom. The average Bonchev–Trinajstić information content (AvgIpc) is 2.79. The number of anilines is 1. The monoisotopic (exact) mass is 409 g/mol. The van der Waals surface area contributed by atoms with Crippen molar-refractivity contribution >= 4 is 17.7 Å². The maximum Gasteiger partial charge on any atom is 0.411 e. The van der Waals surface area contributed by atoms with Gasteiger partial charge in [0.05, 0.1) is 7.11 Å². The van der Waals surface area contributed by atoms with Crippen LogP contribution in [-0.4, -0.2) is 50.2 Å². The van der Waals surface area contributed by atoms with E-state index >= 15 is 0 Å². The van der Waals surface area contributed by atoms with Crippen molar-refractivity contribution in [3.8, 4) is 0 Å². The maximum absolute atomic E-state index is 11.2. The van der Waals surface area contributed by atoms with E-state index in [0.29, 0.717) is 18.3 Å². The van der Waals surface area contributed by atoms with Crippen LogP contribution >= 0.6 is 0 Å². The fourth-order valence-electron chi connectivity index (χ4n) is 3.53. The van der Waals surface area contributed by atoms with Crippen LogP contribution < -0.4 is 16.0 Å². The Bertz CT molecular complexity index is 815. The lowest BCUT2D eigenvalue weighted by Gasteiger charge is -2.33. The molecule has 0 spiro atoms. The SMILES string of the molecule is CN=C(NCc1ccc(NC(=O)OC)cc1)NC1CCN(Cc2ccccc2)CC1. The summed E-state index contributed by atoms with van der Waals surface area (Å²) in [6.07, 6.45) is 1.73. The van der Waals surface area contributed by atoms with E-state index in [9.17, 15) is 4.79 Å². The second kappa shape index (κ2) is 11.2. The first kappa shape index (κ1) is 21.6. The zero-order chi connectivity index (χ0) is 21.2. The predicted molar refractivity (Wildman–Crippen MR) is 121 cm³/mol. The Morgan fingerprint density at radius 1 is 1.07 bits per heavy atom. The summed E-state index contributed by atoms with van der Waals surface area (Å²) in [6, 6.07) is 18.7. The van der Waals surface area contributed by atoms with Gasteiger partial charge < -0.3 is 15.4 Å². The van der Waals surface area contributed by atoms with Gasteiger partial charge in [-0.05, 0) is 36.1 Å². The van der Waals surface area contributed by atoms with Gasteiger partial charge in [0.1, 0.15) is 0 Å². The molecule has 2 aromatic carbocycles. The summed E-state index contributed by atoms with van der Waals surface area (Å²) in [5.41, 5.74) is 3.18. The molecule has 30 heavy (non-hydrogen) atoms. The number of piperidine rings is 1. The van der Waals surface area contributed by atoms with Gasteiger partial charge in [-0.3, -0.25) is 15.2 Å². The first-order chi connectivity index (χ1) is 14.7. The van der Waals surface area contributed by atoms with Crippen LogP contribution in [0, 0.1) is 0 Å². The number of nitrogens with zero attached hydrogens (tertiary/aromatic N) is 2. The molecule has 3 rings (SSSR count). The van der Waals surface area contributed by atoms with Crippen molar-refractivity contribution < 1.29 is 9.53 Å². The molecule has 3 N–H and O–H groups in total. The largest absolute Gasteiger partial charge is 0.453 e. The Labute approximate surface area is 178 Å². The lowest BCUT2D eigenvalue weighted by molar-refractivity contribution is 0.187. The lowest BCUT2D eigenvalue weighted by atomic mass is 10.0. The molecular weight excluding hydrogens is 378 g/mol. The zero-order valence-electron chi connectivity index (χ0n) is 17.7. The van der Waals surface area contributed by atoms with E-state index in [4.69, 9.17) is 0 Å². The fraction of sp³-hybridized carbons (Fsp3) is 0.391. The molecule has 7 nitrogen and oxygen atoms in total. The normalized spacial score (nSPS) is 15.5. The molecular formula is C23H31N5O2. The first-order valence-corrected chi connectivity index (χ1v) is 10.3. The highest BCUT2D eigenvalue weighted by atomic mass is 16.5. The number of hydrogen-bond acceptors (Lipinski definition) is 4. The quantitative estimate of drug-likeness (QED) is 0.505. The van der Waals surface area contributed by atoms with Crippen LogP contribution in [0.3, 0.4) is 0 Å². The van der Waals surface area contributed by atoms with Crippen molar-refractivity contribution in [1.82, 2.24) is 15.5 Å². The van der Waals surface area contributed by atoms with Gasteiger partial charge in [0, 0.05) is 45.0 Å². The molecule has 1 amide bonds. The van der Waals surface area contributed by atoms with Crippen LogP contribution in [0.25, 0.3) is 0 Å². The summed E-state index contributed by atoms with van der Waals surface area (Å²) in [4.78, 5) is 18.1. The molecule has 2 aromatic rings. The van der Waals surface area contributed by atoms with E-state index in [1.807, 2.05) is 24.3 Å². The first-order valence-electron chi connectivity index (χ1n) is 10.3. The van der Waals surface area contributed by atoms with Crippen LogP contribution in [0.5, 0.6) is 0 Å². The molecule has 1 heterocycles. The van der Waals surface area contributed by atoms with Gasteiger partial charge in [0.2, 0.25) is 0 Å². The number of guanidine groups is 1. The molecule has 0 bridgehead atoms. The Balaban J connectivity index is 1.40. The Morgan fingerprint density at radius 3 is 2.40 bits per heavy atom. The molecule has 0 aliphatic carbocycles. The second-order valence-electron chi connectivity index (χ2n) is 7.42. The van der Waals surface area contributed by atoms with Crippen molar-refractivity contribution in [2.24, 2.45) is 4.99 Å². The van der Waals surface area contributed by atoms with Crippen molar-refractivity contribution in [2.45, 2.75) is 32.0 Å². The van der Waals surface area contributed by atoms with E-state index in [1.165, 1.54) is 12.7 Å². The van der Waals surface area contributed by atoms with Crippen LogP contribution in [0.4, 0.5) is 10.5 Å². The summed E-state index contributed by atoms with van der Waals surface area (Å²) in [5, 5.41) is 9.56. The molecule has 160 valence electrons. The number of carbonyl (C=O) groups excluding carboxylic acids is 1. The zero-order valence-corrected chi connectivity index (χ0v) is 17.7. The predicted octanol–water partition coefficient (Wildman–Crippen LogP) is 3.19. The Hall–Kier alpha value is -3.06. The summed E-state index contributed by atoms with van der Waals surface area (Å²) in [6.45, 7) is 3.84. The molecule has 0 radical (unpaired) electrons. The molecule has 0 unspecified atom stereocenters. The highest BCUT2D eigenvalue weighted by Gasteiger charge is 2.20. The molecule has 0 aromatic heterocycles. The van der Waals surface area contributed by atoms with Gasteiger partial charge >= 0.3 is 6.09 Å². The van der Waals surface area contributed by atoms with Crippen LogP contribution in [0.15, 0.2) is 59.6 Å². The minimum Gasteiger partial charge on any atom is -0.453 e. The minimum atomic E-state index is -0.472. The summed E-state index contributed by atoms with van der Waals surface area (Å²) in [7, 11) is 3.14. The molecule has 1 saturated heterocycles. The molecule has 1 aliphatic rings. The third-order valence-electron chi connectivity index (χ3n) is 5.25. The second-order valence-corrected chi connectivity index (χ2v) is 7.42. The summed E-state index contributed by atoms with van der Waals surface area (Å²) < 4.78 is 4.60. The lowest BCUT2D eigenvalue weighted by Crippen LogP contribution is -2.48. The van der Waals surface area contributed by atoms with Crippen molar-refractivity contribution in [3.05, 3.63) is 65.7 Å². The number of rotatable bonds is 6. The van der Waals surface area contributed by atoms with E-state index in [1.54, 1.807) is 7.05 Å². The number of hydrogen-bond donors (Lipinski definition) is 3. The van der Waals surface area contributed by atoms with Gasteiger partial charge in [-0.2, -0.15) is 0 Å². The van der Waals surface area contributed by atoms with Crippen LogP contribution in [0.1, 0.15) is 24.0 Å². The van der Waals surface area contributed by atoms with Crippen molar-refractivity contribution in [1.29, 1.82) is 0 Å². The third kappa shape index (κ3) is 6.77. The van der Waals surface area contributed by atoms with Crippen molar-refractivity contribution in [2.75, 3.05) is 32.6 Å². The summed E-state index contributed by atoms with van der Waals surface area (Å²) >= 11 is 0. The van der Waals surface area contributed by atoms with Gasteiger partial charge in [-0.15, -0.1) is 0 Å². The topological polar surface area (TPSA) is 78.0 Å². The maximum atomic E-state index is 11.2. The van der Waals surface area contributed by atoms with Crippen molar-refractivity contribution in [3.63, 3.8) is 0 Å². The number of aliphatic imine (C=N–C) groups is 1. The van der Waals surface area contributed by atoms with Gasteiger partial charge in [-0.1, -0.05) is 42.5 Å². The molecule has 1 fully saturated rings. The number of benzene rings is 2. The smallest absolute Gasteiger partial charge is 0.411 e. The van der Waals surface area contributed by atoms with Gasteiger partial charge in [-0.25, -0.2) is 4.79 Å². The Kier molecular flexibility index (Phi) is 8.09. The van der Waals surface area contributed by atoms with Gasteiger partial charge in [0.25, 0.3) is 0 Å². The third-order valence-corrected chi connectivity index (χ3v) is 5.25. The number of ether oxygens (including phenoxy) is 1. The molecule has 1 aliphatic heterocycles. The number of nitrogens with one attached hydrogen (secondary N) is 3. The van der Waals surface area contributed by atoms with Crippen LogP contribution in [0.2, 0.25) is 0 Å². The van der Waals surface area contributed by atoms with Gasteiger partial charge in [0.15, 0.2) is 5.96 Å². The number of methoxy groups -OCH3 is 1. The van der Waals surface area contributed by atoms with E-state index < -0.39 is 6.09 Å². The highest BCUT2D eigenvalue weighted by molar-refractivity contribution is 5.84. The van der Waals surface area contributed by atoms with Crippen LogP contribution in [-0.2, 0) is 17.8 Å².